The maximum atomic E-state index is 11.4. The highest BCUT2D eigenvalue weighted by Crippen LogP contribution is 2.25. The van der Waals surface area contributed by atoms with Crippen molar-refractivity contribution in [1.29, 1.82) is 0 Å². The number of carbonyl (C=O) groups is 2. The fraction of sp³-hybridized carbons (Fsp3) is 0.846. The molecular weight excluding hydrogens is 250 g/mol. The molecule has 1 N–H and O–H groups in total. The Kier molecular flexibility index (Phi) is 6.80. The van der Waals surface area contributed by atoms with Gasteiger partial charge in [0.1, 0.15) is 0 Å². The van der Waals surface area contributed by atoms with E-state index in [1.165, 1.54) is 0 Å². The van der Waals surface area contributed by atoms with Crippen LogP contribution < -0.4 is 0 Å². The molecule has 1 rings (SSSR count). The summed E-state index contributed by atoms with van der Waals surface area (Å²) in [4.78, 5) is 22.9. The summed E-state index contributed by atoms with van der Waals surface area (Å²) in [6.07, 6.45) is 2.65. The van der Waals surface area contributed by atoms with Crippen molar-refractivity contribution in [3.8, 4) is 0 Å². The SMILES string of the molecule is CCOC(=O)C[C@H]1CCC[C@@H](CC(=O)OCC)N1O. The van der Waals surface area contributed by atoms with Crippen LogP contribution in [0.2, 0.25) is 0 Å². The average molecular weight is 273 g/mol. The lowest BCUT2D eigenvalue weighted by Gasteiger charge is -2.36. The third-order valence-corrected chi connectivity index (χ3v) is 3.24. The van der Waals surface area contributed by atoms with Crippen LogP contribution in [0.5, 0.6) is 0 Å². The Morgan fingerprint density at radius 3 is 1.84 bits per heavy atom. The van der Waals surface area contributed by atoms with Gasteiger partial charge >= 0.3 is 11.9 Å². The second-order valence-electron chi connectivity index (χ2n) is 4.64. The smallest absolute Gasteiger partial charge is 0.307 e. The third kappa shape index (κ3) is 5.16. The Balaban J connectivity index is 2.48. The molecule has 0 radical (unpaired) electrons. The molecule has 6 heteroatoms. The van der Waals surface area contributed by atoms with Crippen molar-refractivity contribution in [2.75, 3.05) is 13.2 Å². The van der Waals surface area contributed by atoms with Gasteiger partial charge in [0.15, 0.2) is 0 Å². The Labute approximate surface area is 113 Å². The van der Waals surface area contributed by atoms with E-state index in [1.54, 1.807) is 13.8 Å². The Morgan fingerprint density at radius 2 is 1.47 bits per heavy atom. The van der Waals surface area contributed by atoms with E-state index in [9.17, 15) is 14.8 Å². The van der Waals surface area contributed by atoms with E-state index < -0.39 is 0 Å². The van der Waals surface area contributed by atoms with Crippen LogP contribution in [-0.4, -0.2) is 47.5 Å². The molecule has 1 aliphatic heterocycles. The second-order valence-corrected chi connectivity index (χ2v) is 4.64. The molecule has 1 fully saturated rings. The zero-order valence-electron chi connectivity index (χ0n) is 11.6. The number of ether oxygens (including phenoxy) is 2. The van der Waals surface area contributed by atoms with Gasteiger partial charge in [-0.2, -0.15) is 5.06 Å². The largest absolute Gasteiger partial charge is 0.466 e. The summed E-state index contributed by atoms with van der Waals surface area (Å²) >= 11 is 0. The highest BCUT2D eigenvalue weighted by Gasteiger charge is 2.32. The molecule has 0 aromatic rings. The number of nitrogens with zero attached hydrogens (tertiary/aromatic N) is 1. The summed E-state index contributed by atoms with van der Waals surface area (Å²) in [6, 6.07) is -0.542. The number of piperidine rings is 1. The first kappa shape index (κ1) is 15.9. The molecule has 1 heterocycles. The molecule has 19 heavy (non-hydrogen) atoms. The molecule has 0 aromatic carbocycles. The standard InChI is InChI=1S/C13H23NO5/c1-3-18-12(15)8-10-6-5-7-11(14(10)17)9-13(16)19-4-2/h10-11,17H,3-9H2,1-2H3/t10-,11+. The van der Waals surface area contributed by atoms with Crippen molar-refractivity contribution in [3.05, 3.63) is 0 Å². The van der Waals surface area contributed by atoms with Gasteiger partial charge in [0.2, 0.25) is 0 Å². The fourth-order valence-corrected chi connectivity index (χ4v) is 2.37. The van der Waals surface area contributed by atoms with Crippen LogP contribution in [0, 0.1) is 0 Å². The maximum Gasteiger partial charge on any atom is 0.307 e. The van der Waals surface area contributed by atoms with E-state index in [4.69, 9.17) is 9.47 Å². The number of carbonyl (C=O) groups excluding carboxylic acids is 2. The number of hydrogen-bond donors (Lipinski definition) is 1. The summed E-state index contributed by atoms with van der Waals surface area (Å²) in [5.74, 6) is -0.633. The molecule has 0 amide bonds. The van der Waals surface area contributed by atoms with E-state index in [2.05, 4.69) is 0 Å². The Hall–Kier alpha value is -1.14. The van der Waals surface area contributed by atoms with Gasteiger partial charge in [0, 0.05) is 12.1 Å². The first-order valence-electron chi connectivity index (χ1n) is 6.86. The van der Waals surface area contributed by atoms with Crippen LogP contribution in [-0.2, 0) is 19.1 Å². The van der Waals surface area contributed by atoms with Gasteiger partial charge in [0.05, 0.1) is 26.1 Å². The van der Waals surface area contributed by atoms with Crippen molar-refractivity contribution >= 4 is 11.9 Å². The predicted octanol–water partition coefficient (Wildman–Crippen LogP) is 1.51. The monoisotopic (exact) mass is 273 g/mol. The summed E-state index contributed by atoms with van der Waals surface area (Å²) < 4.78 is 9.76. The van der Waals surface area contributed by atoms with Gasteiger partial charge in [0.25, 0.3) is 0 Å². The molecular formula is C13H23NO5. The molecule has 0 bridgehead atoms. The molecule has 1 saturated heterocycles. The van der Waals surface area contributed by atoms with E-state index in [0.717, 1.165) is 24.3 Å². The Morgan fingerprint density at radius 1 is 1.05 bits per heavy atom. The quantitative estimate of drug-likeness (QED) is 0.739. The van der Waals surface area contributed by atoms with Gasteiger partial charge in [-0.1, -0.05) is 6.42 Å². The third-order valence-electron chi connectivity index (χ3n) is 3.24. The summed E-state index contributed by atoms with van der Waals surface area (Å²) in [6.45, 7) is 4.17. The normalized spacial score (nSPS) is 23.9. The molecule has 0 aromatic heterocycles. The minimum absolute atomic E-state index is 0.156. The molecule has 2 atom stereocenters. The zero-order valence-corrected chi connectivity index (χ0v) is 11.6. The lowest BCUT2D eigenvalue weighted by atomic mass is 9.94. The van der Waals surface area contributed by atoms with Crippen LogP contribution >= 0.6 is 0 Å². The highest BCUT2D eigenvalue weighted by atomic mass is 16.5. The minimum Gasteiger partial charge on any atom is -0.466 e. The molecule has 110 valence electrons. The summed E-state index contributed by atoms with van der Waals surface area (Å²) in [5.41, 5.74) is 0. The first-order valence-corrected chi connectivity index (χ1v) is 6.86. The maximum absolute atomic E-state index is 11.4. The first-order chi connectivity index (χ1) is 9.08. The van der Waals surface area contributed by atoms with Crippen LogP contribution in [0.4, 0.5) is 0 Å². The van der Waals surface area contributed by atoms with E-state index in [0.29, 0.717) is 13.2 Å². The predicted molar refractivity (Wildman–Crippen MR) is 67.6 cm³/mol. The number of esters is 2. The minimum atomic E-state index is -0.316. The van der Waals surface area contributed by atoms with Gasteiger partial charge in [-0.25, -0.2) is 0 Å². The summed E-state index contributed by atoms with van der Waals surface area (Å²) in [5, 5.41) is 11.2. The van der Waals surface area contributed by atoms with Crippen LogP contribution in [0.15, 0.2) is 0 Å². The number of hydrogen-bond acceptors (Lipinski definition) is 6. The lowest BCUT2D eigenvalue weighted by molar-refractivity contribution is -0.191. The highest BCUT2D eigenvalue weighted by molar-refractivity contribution is 5.71. The van der Waals surface area contributed by atoms with Crippen LogP contribution in [0.25, 0.3) is 0 Å². The van der Waals surface area contributed by atoms with Crippen LogP contribution in [0.1, 0.15) is 46.0 Å². The zero-order chi connectivity index (χ0) is 14.3. The molecule has 6 nitrogen and oxygen atoms in total. The second kappa shape index (κ2) is 8.12. The topological polar surface area (TPSA) is 76.1 Å². The molecule has 0 spiro atoms. The molecule has 0 saturated carbocycles. The number of hydroxylamine groups is 2. The van der Waals surface area contributed by atoms with Crippen molar-refractivity contribution in [2.24, 2.45) is 0 Å². The molecule has 0 aliphatic carbocycles. The molecule has 0 unspecified atom stereocenters. The lowest BCUT2D eigenvalue weighted by Crippen LogP contribution is -2.46. The average Bonchev–Trinajstić information content (AvgIpc) is 2.35. The van der Waals surface area contributed by atoms with E-state index >= 15 is 0 Å². The van der Waals surface area contributed by atoms with Crippen LogP contribution in [0.3, 0.4) is 0 Å². The molecule has 1 aliphatic rings. The van der Waals surface area contributed by atoms with Crippen molar-refractivity contribution < 1.29 is 24.3 Å². The summed E-state index contributed by atoms with van der Waals surface area (Å²) in [7, 11) is 0. The van der Waals surface area contributed by atoms with E-state index in [1.807, 2.05) is 0 Å². The van der Waals surface area contributed by atoms with Gasteiger partial charge in [-0.3, -0.25) is 9.59 Å². The van der Waals surface area contributed by atoms with Crippen molar-refractivity contribution in [3.63, 3.8) is 0 Å². The van der Waals surface area contributed by atoms with Crippen molar-refractivity contribution in [2.45, 2.75) is 58.0 Å². The van der Waals surface area contributed by atoms with Gasteiger partial charge in [-0.15, -0.1) is 0 Å². The van der Waals surface area contributed by atoms with Gasteiger partial charge in [-0.05, 0) is 26.7 Å². The Bertz CT molecular complexity index is 279. The van der Waals surface area contributed by atoms with Gasteiger partial charge < -0.3 is 14.7 Å². The fourth-order valence-electron chi connectivity index (χ4n) is 2.37. The van der Waals surface area contributed by atoms with Crippen molar-refractivity contribution in [1.82, 2.24) is 5.06 Å². The van der Waals surface area contributed by atoms with E-state index in [-0.39, 0.29) is 36.9 Å². The number of rotatable bonds is 6.